The molecule has 2 rings (SSSR count). The number of hydrogen-bond donors (Lipinski definition) is 0. The lowest BCUT2D eigenvalue weighted by atomic mass is 10.3. The number of rotatable bonds is 3. The van der Waals surface area contributed by atoms with Crippen LogP contribution in [0.15, 0.2) is 27.6 Å². The number of benzene rings is 1. The Morgan fingerprint density at radius 1 is 1.47 bits per heavy atom. The van der Waals surface area contributed by atoms with Crippen LogP contribution in [0.1, 0.15) is 0 Å². The summed E-state index contributed by atoms with van der Waals surface area (Å²) in [5.74, 6) is 0. The second-order valence-corrected chi connectivity index (χ2v) is 7.90. The van der Waals surface area contributed by atoms with Crippen molar-refractivity contribution in [2.24, 2.45) is 0 Å². The molecule has 1 aliphatic rings. The summed E-state index contributed by atoms with van der Waals surface area (Å²) in [6.07, 6.45) is 0. The van der Waals surface area contributed by atoms with Crippen LogP contribution in [0.25, 0.3) is 0 Å². The highest BCUT2D eigenvalue weighted by Gasteiger charge is 2.34. The van der Waals surface area contributed by atoms with Gasteiger partial charge in [-0.05, 0) is 18.2 Å². The molecule has 1 aromatic rings. The SMILES string of the molecule is O=S(=O)(c1ccc(Br)cc1Cl)N1CCOCC1CBr. The van der Waals surface area contributed by atoms with Gasteiger partial charge in [0.05, 0.1) is 24.3 Å². The molecular formula is C11H12Br2ClNO3S. The third-order valence-electron chi connectivity index (χ3n) is 2.83. The molecule has 0 saturated carbocycles. The number of halogens is 3. The molecule has 0 aromatic heterocycles. The van der Waals surface area contributed by atoms with Crippen LogP contribution < -0.4 is 0 Å². The van der Waals surface area contributed by atoms with Crippen molar-refractivity contribution in [3.05, 3.63) is 27.7 Å². The van der Waals surface area contributed by atoms with Gasteiger partial charge in [-0.15, -0.1) is 0 Å². The maximum atomic E-state index is 12.6. The first kappa shape index (κ1) is 15.7. The van der Waals surface area contributed by atoms with Gasteiger partial charge in [0, 0.05) is 16.3 Å². The predicted octanol–water partition coefficient (Wildman–Crippen LogP) is 2.89. The number of morpholine rings is 1. The first-order valence-electron chi connectivity index (χ1n) is 5.57. The van der Waals surface area contributed by atoms with Gasteiger partial charge in [0.2, 0.25) is 10.0 Å². The molecule has 0 radical (unpaired) electrons. The summed E-state index contributed by atoms with van der Waals surface area (Å²) < 4.78 is 32.8. The lowest BCUT2D eigenvalue weighted by Gasteiger charge is -2.33. The third-order valence-corrected chi connectivity index (χ3v) is 6.51. The maximum Gasteiger partial charge on any atom is 0.244 e. The Labute approximate surface area is 134 Å². The molecule has 8 heteroatoms. The molecule has 0 aliphatic carbocycles. The average Bonchev–Trinajstić information content (AvgIpc) is 2.38. The van der Waals surface area contributed by atoms with Crippen LogP contribution in [-0.2, 0) is 14.8 Å². The Balaban J connectivity index is 2.40. The Kier molecular flexibility index (Phi) is 5.30. The molecule has 1 aliphatic heterocycles. The van der Waals surface area contributed by atoms with Crippen LogP contribution in [0.5, 0.6) is 0 Å². The maximum absolute atomic E-state index is 12.6. The topological polar surface area (TPSA) is 46.6 Å². The highest BCUT2D eigenvalue weighted by Crippen LogP contribution is 2.29. The van der Waals surface area contributed by atoms with Crippen LogP contribution >= 0.6 is 43.5 Å². The summed E-state index contributed by atoms with van der Waals surface area (Å²) in [4.78, 5) is 0.130. The van der Waals surface area contributed by atoms with Crippen molar-refractivity contribution in [1.82, 2.24) is 4.31 Å². The van der Waals surface area contributed by atoms with E-state index in [0.29, 0.717) is 25.1 Å². The second kappa shape index (κ2) is 6.41. The Morgan fingerprint density at radius 3 is 2.84 bits per heavy atom. The molecule has 0 bridgehead atoms. The van der Waals surface area contributed by atoms with E-state index < -0.39 is 10.0 Å². The van der Waals surface area contributed by atoms with E-state index in [-0.39, 0.29) is 16.0 Å². The summed E-state index contributed by atoms with van der Waals surface area (Å²) in [7, 11) is -3.60. The fraction of sp³-hybridized carbons (Fsp3) is 0.455. The van der Waals surface area contributed by atoms with E-state index in [9.17, 15) is 8.42 Å². The molecule has 4 nitrogen and oxygen atoms in total. The number of ether oxygens (including phenoxy) is 1. The number of sulfonamides is 1. The fourth-order valence-corrected chi connectivity index (χ4v) is 5.22. The van der Waals surface area contributed by atoms with E-state index in [0.717, 1.165) is 4.47 Å². The van der Waals surface area contributed by atoms with Gasteiger partial charge in [-0.25, -0.2) is 8.42 Å². The van der Waals surface area contributed by atoms with Gasteiger partial charge in [-0.1, -0.05) is 43.5 Å². The zero-order valence-corrected chi connectivity index (χ0v) is 14.6. The highest BCUT2D eigenvalue weighted by atomic mass is 79.9. The molecule has 106 valence electrons. The number of hydrogen-bond acceptors (Lipinski definition) is 3. The minimum Gasteiger partial charge on any atom is -0.378 e. The van der Waals surface area contributed by atoms with Crippen LogP contribution in [-0.4, -0.2) is 43.9 Å². The van der Waals surface area contributed by atoms with Gasteiger partial charge in [-0.3, -0.25) is 0 Å². The quantitative estimate of drug-likeness (QED) is 0.689. The zero-order chi connectivity index (χ0) is 14.0. The normalized spacial score (nSPS) is 21.5. The average molecular weight is 434 g/mol. The number of nitrogens with zero attached hydrogens (tertiary/aromatic N) is 1. The van der Waals surface area contributed by atoms with Gasteiger partial charge < -0.3 is 4.74 Å². The van der Waals surface area contributed by atoms with Gasteiger partial charge in [0.25, 0.3) is 0 Å². The Hall–Kier alpha value is 0.340. The first-order chi connectivity index (χ1) is 8.96. The molecule has 1 aromatic carbocycles. The van der Waals surface area contributed by atoms with E-state index in [2.05, 4.69) is 31.9 Å². The van der Waals surface area contributed by atoms with E-state index in [1.165, 1.54) is 10.4 Å². The van der Waals surface area contributed by atoms with Gasteiger partial charge in [-0.2, -0.15) is 4.31 Å². The van der Waals surface area contributed by atoms with E-state index in [1.54, 1.807) is 12.1 Å². The molecule has 19 heavy (non-hydrogen) atoms. The van der Waals surface area contributed by atoms with Gasteiger partial charge in [0.15, 0.2) is 0 Å². The Bertz CT molecular complexity index is 567. The smallest absolute Gasteiger partial charge is 0.244 e. The Morgan fingerprint density at radius 2 is 2.21 bits per heavy atom. The van der Waals surface area contributed by atoms with Gasteiger partial charge >= 0.3 is 0 Å². The van der Waals surface area contributed by atoms with Crippen molar-refractivity contribution in [3.8, 4) is 0 Å². The molecule has 0 N–H and O–H groups in total. The minimum atomic E-state index is -3.60. The molecule has 1 saturated heterocycles. The predicted molar refractivity (Wildman–Crippen MR) is 81.4 cm³/mol. The molecule has 1 fully saturated rings. The molecule has 0 amide bonds. The van der Waals surface area contributed by atoms with Crippen molar-refractivity contribution < 1.29 is 13.2 Å². The van der Waals surface area contributed by atoms with Crippen molar-refractivity contribution in [3.63, 3.8) is 0 Å². The summed E-state index contributed by atoms with van der Waals surface area (Å²) in [5.41, 5.74) is 0. The highest BCUT2D eigenvalue weighted by molar-refractivity contribution is 9.10. The van der Waals surface area contributed by atoms with Crippen LogP contribution in [0.3, 0.4) is 0 Å². The van der Waals surface area contributed by atoms with Gasteiger partial charge in [0.1, 0.15) is 4.90 Å². The lowest BCUT2D eigenvalue weighted by molar-refractivity contribution is 0.0413. The molecule has 1 heterocycles. The summed E-state index contributed by atoms with van der Waals surface area (Å²) >= 11 is 12.6. The third kappa shape index (κ3) is 3.33. The first-order valence-corrected chi connectivity index (χ1v) is 9.30. The fourth-order valence-electron chi connectivity index (χ4n) is 1.89. The molecule has 1 atom stereocenters. The van der Waals surface area contributed by atoms with Crippen molar-refractivity contribution >= 4 is 53.5 Å². The van der Waals surface area contributed by atoms with Crippen LogP contribution in [0.2, 0.25) is 5.02 Å². The summed E-state index contributed by atoms with van der Waals surface area (Å²) in [6, 6.07) is 4.56. The van der Waals surface area contributed by atoms with Crippen LogP contribution in [0.4, 0.5) is 0 Å². The van der Waals surface area contributed by atoms with Crippen LogP contribution in [0, 0.1) is 0 Å². The minimum absolute atomic E-state index is 0.130. The van der Waals surface area contributed by atoms with Crippen molar-refractivity contribution in [1.29, 1.82) is 0 Å². The standard InChI is InChI=1S/C11H12Br2ClNO3S/c12-6-9-7-18-4-3-15(9)19(16,17)11-2-1-8(13)5-10(11)14/h1-2,5,9H,3-4,6-7H2. The molecule has 0 spiro atoms. The van der Waals surface area contributed by atoms with E-state index in [4.69, 9.17) is 16.3 Å². The second-order valence-electron chi connectivity index (χ2n) is 4.07. The number of alkyl halides is 1. The zero-order valence-electron chi connectivity index (χ0n) is 9.85. The van der Waals surface area contributed by atoms with E-state index >= 15 is 0 Å². The molecule has 1 unspecified atom stereocenters. The van der Waals surface area contributed by atoms with Crippen molar-refractivity contribution in [2.45, 2.75) is 10.9 Å². The largest absolute Gasteiger partial charge is 0.378 e. The summed E-state index contributed by atoms with van der Waals surface area (Å²) in [6.45, 7) is 1.13. The summed E-state index contributed by atoms with van der Waals surface area (Å²) in [5, 5.41) is 0.745. The van der Waals surface area contributed by atoms with Crippen molar-refractivity contribution in [2.75, 3.05) is 25.1 Å². The van der Waals surface area contributed by atoms with E-state index in [1.807, 2.05) is 0 Å². The lowest BCUT2D eigenvalue weighted by Crippen LogP contribution is -2.49. The monoisotopic (exact) mass is 431 g/mol. The molecular weight excluding hydrogens is 421 g/mol.